The van der Waals surface area contributed by atoms with Gasteiger partial charge in [-0.3, -0.25) is 4.90 Å². The third-order valence-corrected chi connectivity index (χ3v) is 6.09. The summed E-state index contributed by atoms with van der Waals surface area (Å²) in [6.07, 6.45) is 3.86. The molecule has 0 atom stereocenters. The fraction of sp³-hybridized carbons (Fsp3) is 0.333. The van der Waals surface area contributed by atoms with Gasteiger partial charge >= 0.3 is 0 Å². The highest BCUT2D eigenvalue weighted by Crippen LogP contribution is 2.17. The monoisotopic (exact) mass is 436 g/mol. The summed E-state index contributed by atoms with van der Waals surface area (Å²) in [5.41, 5.74) is 9.18. The van der Waals surface area contributed by atoms with Crippen molar-refractivity contribution in [1.82, 2.24) is 9.88 Å². The zero-order valence-electron chi connectivity index (χ0n) is 17.6. The Hall–Kier alpha value is -2.90. The molecule has 2 heterocycles. The largest absolute Gasteiger partial charge is 0.486 e. The topological polar surface area (TPSA) is 73.0 Å². The van der Waals surface area contributed by atoms with Crippen LogP contribution in [0.5, 0.6) is 5.75 Å². The van der Waals surface area contributed by atoms with Crippen molar-refractivity contribution in [2.75, 3.05) is 13.1 Å². The molecule has 1 aromatic heterocycles. The number of oxime groups is 1. The van der Waals surface area contributed by atoms with Gasteiger partial charge in [0, 0.05) is 17.5 Å². The van der Waals surface area contributed by atoms with Crippen LogP contribution < -0.4 is 10.5 Å². The maximum Gasteiger partial charge on any atom is 0.170 e. The molecule has 0 unspecified atom stereocenters. The average Bonchev–Trinajstić information content (AvgIpc) is 3.27. The van der Waals surface area contributed by atoms with Crippen molar-refractivity contribution in [2.45, 2.75) is 39.0 Å². The Labute approximate surface area is 187 Å². The summed E-state index contributed by atoms with van der Waals surface area (Å²) in [5.74, 6) is 1.23. The molecule has 31 heavy (non-hydrogen) atoms. The molecule has 0 spiro atoms. The summed E-state index contributed by atoms with van der Waals surface area (Å²) >= 11 is 1.54. The molecule has 0 saturated carbocycles. The number of likely N-dealkylation sites (tertiary alicyclic amines) is 1. The van der Waals surface area contributed by atoms with Crippen LogP contribution in [0, 0.1) is 0 Å². The molecule has 3 aromatic rings. The van der Waals surface area contributed by atoms with Crippen molar-refractivity contribution in [3.63, 3.8) is 0 Å². The summed E-state index contributed by atoms with van der Waals surface area (Å²) in [4.78, 5) is 12.5. The van der Waals surface area contributed by atoms with Gasteiger partial charge in [0.1, 0.15) is 17.4 Å². The number of nitrogens with zero attached hydrogens (tertiary/aromatic N) is 3. The number of benzene rings is 2. The number of hydrogen-bond acceptors (Lipinski definition) is 6. The average molecular weight is 437 g/mol. The Balaban J connectivity index is 1.30. The van der Waals surface area contributed by atoms with Gasteiger partial charge in [0.05, 0.1) is 5.69 Å². The molecule has 1 saturated heterocycles. The number of ether oxygens (including phenoxy) is 1. The van der Waals surface area contributed by atoms with Gasteiger partial charge in [0.2, 0.25) is 0 Å². The lowest BCUT2D eigenvalue weighted by Crippen LogP contribution is -2.30. The van der Waals surface area contributed by atoms with Gasteiger partial charge in [-0.1, -0.05) is 54.0 Å². The molecule has 0 aliphatic carbocycles. The molecule has 162 valence electrons. The minimum absolute atomic E-state index is 0.275. The molecular weight excluding hydrogens is 408 g/mol. The number of piperidine rings is 1. The van der Waals surface area contributed by atoms with E-state index in [-0.39, 0.29) is 6.61 Å². The summed E-state index contributed by atoms with van der Waals surface area (Å²) in [6, 6.07) is 17.9. The van der Waals surface area contributed by atoms with Crippen LogP contribution in [-0.2, 0) is 24.6 Å². The summed E-state index contributed by atoms with van der Waals surface area (Å²) < 4.78 is 5.74. The number of para-hydroxylation sites is 1. The Kier molecular flexibility index (Phi) is 7.52. The number of rotatable bonds is 9. The fourth-order valence-electron chi connectivity index (χ4n) is 3.63. The zero-order valence-corrected chi connectivity index (χ0v) is 18.4. The molecule has 0 bridgehead atoms. The Morgan fingerprint density at radius 2 is 1.77 bits per heavy atom. The van der Waals surface area contributed by atoms with Crippen molar-refractivity contribution in [1.29, 1.82) is 0 Å². The van der Waals surface area contributed by atoms with Crippen molar-refractivity contribution in [3.05, 3.63) is 81.8 Å². The van der Waals surface area contributed by atoms with E-state index >= 15 is 0 Å². The van der Waals surface area contributed by atoms with Crippen LogP contribution in [0.3, 0.4) is 0 Å². The van der Waals surface area contributed by atoms with Crippen LogP contribution in [0.25, 0.3) is 0 Å². The van der Waals surface area contributed by atoms with Gasteiger partial charge in [-0.25, -0.2) is 4.98 Å². The Morgan fingerprint density at radius 1 is 1.00 bits per heavy atom. The van der Waals surface area contributed by atoms with Crippen molar-refractivity contribution in [3.8, 4) is 5.75 Å². The SMILES string of the molecule is N/C(=N/OCc1csc(COc2ccccc2)n1)c1ccccc1CN1CCCCC1. The highest BCUT2D eigenvalue weighted by Gasteiger charge is 2.14. The Bertz CT molecular complexity index is 984. The first-order valence-corrected chi connectivity index (χ1v) is 11.5. The summed E-state index contributed by atoms with van der Waals surface area (Å²) in [5, 5.41) is 7.01. The van der Waals surface area contributed by atoms with Crippen LogP contribution in [-0.4, -0.2) is 28.8 Å². The third kappa shape index (κ3) is 6.29. The lowest BCUT2D eigenvalue weighted by molar-refractivity contribution is 0.127. The van der Waals surface area contributed by atoms with Gasteiger partial charge in [-0.15, -0.1) is 11.3 Å². The number of amidine groups is 1. The number of aromatic nitrogens is 1. The van der Waals surface area contributed by atoms with Gasteiger partial charge in [0.15, 0.2) is 12.4 Å². The normalized spacial score (nSPS) is 15.0. The minimum atomic E-state index is 0.275. The highest BCUT2D eigenvalue weighted by molar-refractivity contribution is 7.09. The van der Waals surface area contributed by atoms with Crippen LogP contribution in [0.1, 0.15) is 41.1 Å². The van der Waals surface area contributed by atoms with Crippen molar-refractivity contribution < 1.29 is 9.57 Å². The maximum atomic E-state index is 6.25. The molecule has 0 amide bonds. The number of hydrogen-bond donors (Lipinski definition) is 1. The standard InChI is InChI=1S/C24H28N4O2S/c25-24(22-12-6-5-9-19(22)15-28-13-7-2-8-14-28)27-30-16-20-18-31-23(26-20)17-29-21-10-3-1-4-11-21/h1,3-6,9-12,18H,2,7-8,13-17H2,(H2,25,27). The molecule has 0 radical (unpaired) electrons. The minimum Gasteiger partial charge on any atom is -0.486 e. The number of nitrogens with two attached hydrogens (primary N) is 1. The van der Waals surface area contributed by atoms with Crippen LogP contribution >= 0.6 is 11.3 Å². The second kappa shape index (κ2) is 10.9. The van der Waals surface area contributed by atoms with Gasteiger partial charge in [-0.2, -0.15) is 0 Å². The zero-order chi connectivity index (χ0) is 21.3. The molecule has 2 N–H and O–H groups in total. The first kappa shape index (κ1) is 21.3. The quantitative estimate of drug-likeness (QED) is 0.303. The van der Waals surface area contributed by atoms with Crippen LogP contribution in [0.2, 0.25) is 0 Å². The van der Waals surface area contributed by atoms with Gasteiger partial charge in [-0.05, 0) is 43.6 Å². The van der Waals surface area contributed by atoms with E-state index in [2.05, 4.69) is 21.1 Å². The summed E-state index contributed by atoms with van der Waals surface area (Å²) in [6.45, 7) is 3.88. The second-order valence-corrected chi connectivity index (χ2v) is 8.52. The molecule has 1 aliphatic heterocycles. The maximum absolute atomic E-state index is 6.25. The molecule has 4 rings (SSSR count). The molecule has 1 aliphatic rings. The van der Waals surface area contributed by atoms with E-state index in [1.165, 1.54) is 24.8 Å². The molecular formula is C24H28N4O2S. The van der Waals surface area contributed by atoms with E-state index in [0.29, 0.717) is 12.4 Å². The lowest BCUT2D eigenvalue weighted by Gasteiger charge is -2.27. The van der Waals surface area contributed by atoms with E-state index in [1.54, 1.807) is 11.3 Å². The first-order chi connectivity index (χ1) is 15.3. The number of thiazole rings is 1. The predicted octanol–water partition coefficient (Wildman–Crippen LogP) is 4.55. The van der Waals surface area contributed by atoms with Crippen LogP contribution in [0.4, 0.5) is 0 Å². The van der Waals surface area contributed by atoms with Crippen molar-refractivity contribution >= 4 is 17.2 Å². The van der Waals surface area contributed by atoms with E-state index < -0.39 is 0 Å². The second-order valence-electron chi connectivity index (χ2n) is 7.58. The van der Waals surface area contributed by atoms with Crippen LogP contribution in [0.15, 0.2) is 65.1 Å². The lowest BCUT2D eigenvalue weighted by atomic mass is 10.0. The summed E-state index contributed by atoms with van der Waals surface area (Å²) in [7, 11) is 0. The van der Waals surface area contributed by atoms with Gasteiger partial charge < -0.3 is 15.3 Å². The molecule has 7 heteroatoms. The fourth-order valence-corrected chi connectivity index (χ4v) is 4.32. The molecule has 6 nitrogen and oxygen atoms in total. The highest BCUT2D eigenvalue weighted by atomic mass is 32.1. The van der Waals surface area contributed by atoms with E-state index in [4.69, 9.17) is 15.3 Å². The first-order valence-electron chi connectivity index (χ1n) is 10.6. The molecule has 1 fully saturated rings. The van der Waals surface area contributed by atoms with E-state index in [9.17, 15) is 0 Å². The van der Waals surface area contributed by atoms with Crippen molar-refractivity contribution in [2.24, 2.45) is 10.9 Å². The predicted molar refractivity (Wildman–Crippen MR) is 124 cm³/mol. The smallest absolute Gasteiger partial charge is 0.170 e. The Morgan fingerprint density at radius 3 is 2.61 bits per heavy atom. The third-order valence-electron chi connectivity index (χ3n) is 5.22. The van der Waals surface area contributed by atoms with E-state index in [0.717, 1.165) is 41.6 Å². The van der Waals surface area contributed by atoms with E-state index in [1.807, 2.05) is 53.9 Å². The molecule has 2 aromatic carbocycles. The van der Waals surface area contributed by atoms with Gasteiger partial charge in [0.25, 0.3) is 0 Å².